The number of fused-ring (bicyclic) bond motifs is 3. The molecule has 3 heterocycles. The highest BCUT2D eigenvalue weighted by Gasteiger charge is 2.37. The molecule has 5 rings (SSSR count). The molecule has 0 amide bonds. The van der Waals surface area contributed by atoms with Crippen molar-refractivity contribution in [2.45, 2.75) is 79.6 Å². The normalized spacial score (nSPS) is 15.4. The molecule has 0 fully saturated rings. The molecule has 1 aliphatic rings. The van der Waals surface area contributed by atoms with Crippen molar-refractivity contribution in [3.05, 3.63) is 80.1 Å². The number of nitrogens with zero attached hydrogens (tertiary/aromatic N) is 3. The molecule has 0 spiro atoms. The first-order valence-electron chi connectivity index (χ1n) is 13.6. The van der Waals surface area contributed by atoms with Gasteiger partial charge >= 0.3 is 7.60 Å². The van der Waals surface area contributed by atoms with Crippen LogP contribution in [0.25, 0.3) is 16.9 Å². The fourth-order valence-electron chi connectivity index (χ4n) is 5.30. The smallest absolute Gasteiger partial charge is 0.413 e. The monoisotopic (exact) mass is 575 g/mol. The topological polar surface area (TPSA) is 125 Å². The van der Waals surface area contributed by atoms with Gasteiger partial charge in [0.1, 0.15) is 17.8 Å². The van der Waals surface area contributed by atoms with Crippen LogP contribution in [0.15, 0.2) is 41.2 Å². The van der Waals surface area contributed by atoms with Gasteiger partial charge in [0, 0.05) is 23.2 Å². The molecule has 0 saturated carbocycles. The van der Waals surface area contributed by atoms with Crippen molar-refractivity contribution in [1.29, 1.82) is 0 Å². The van der Waals surface area contributed by atoms with E-state index in [1.54, 1.807) is 11.5 Å². The Bertz CT molecular complexity index is 1760. The summed E-state index contributed by atoms with van der Waals surface area (Å²) in [5.74, 6) is 2.56. The minimum atomic E-state index is -4.03. The number of anilines is 1. The van der Waals surface area contributed by atoms with Gasteiger partial charge in [0.05, 0.1) is 5.82 Å². The fourth-order valence-corrected chi connectivity index (χ4v) is 6.96. The number of aromatic nitrogens is 4. The Morgan fingerprint density at radius 2 is 1.49 bits per heavy atom. The van der Waals surface area contributed by atoms with Crippen LogP contribution >= 0.6 is 7.60 Å². The molecule has 41 heavy (non-hydrogen) atoms. The molecule has 2 aromatic carbocycles. The number of nitrogens with two attached hydrogens (primary N) is 1. The second-order valence-corrected chi connectivity index (χ2v) is 14.7. The summed E-state index contributed by atoms with van der Waals surface area (Å²) in [6.45, 7) is 18.5. The Balaban J connectivity index is 1.79. The molecule has 0 unspecified atom stereocenters. The van der Waals surface area contributed by atoms with Crippen molar-refractivity contribution in [3.8, 4) is 11.5 Å². The van der Waals surface area contributed by atoms with Crippen molar-refractivity contribution in [3.63, 3.8) is 0 Å². The van der Waals surface area contributed by atoms with Crippen molar-refractivity contribution in [2.24, 2.45) is 0 Å². The van der Waals surface area contributed by atoms with Gasteiger partial charge in [0.2, 0.25) is 5.95 Å². The van der Waals surface area contributed by atoms with Gasteiger partial charge in [-0.15, -0.1) is 0 Å². The number of allylic oxidation sites excluding steroid dienone is 1. The van der Waals surface area contributed by atoms with Crippen molar-refractivity contribution >= 4 is 30.4 Å². The number of nitrogens with one attached hydrogen (secondary N) is 1. The van der Waals surface area contributed by atoms with Crippen molar-refractivity contribution in [1.82, 2.24) is 19.5 Å². The lowest BCUT2D eigenvalue weighted by Crippen LogP contribution is -2.19. The molecular weight excluding hydrogens is 537 g/mol. The van der Waals surface area contributed by atoms with E-state index in [9.17, 15) is 9.36 Å². The van der Waals surface area contributed by atoms with Gasteiger partial charge in [-0.3, -0.25) is 14.3 Å². The Kier molecular flexibility index (Phi) is 6.73. The molecule has 0 atom stereocenters. The molecule has 0 bridgehead atoms. The third kappa shape index (κ3) is 5.43. The lowest BCUT2D eigenvalue weighted by molar-refractivity contribution is 0.379. The molecule has 0 saturated heterocycles. The molecular formula is C31H38N5O4P. The SMILES string of the molecule is C/C(=C\P1(=O)Oc2c(cc(C)cc2C(C)(C)C)Cc2cc(C)cc(C(C)(C)C)c2O1)n1cnc2c(=O)[nH]c(N)nc21. The number of rotatable bonds is 2. The largest absolute Gasteiger partial charge is 0.457 e. The molecule has 1 aliphatic heterocycles. The summed E-state index contributed by atoms with van der Waals surface area (Å²) in [5.41, 5.74) is 11.6. The van der Waals surface area contributed by atoms with Crippen LogP contribution in [-0.4, -0.2) is 19.5 Å². The van der Waals surface area contributed by atoms with Gasteiger partial charge < -0.3 is 14.8 Å². The number of aromatic amines is 1. The van der Waals surface area contributed by atoms with E-state index in [4.69, 9.17) is 14.8 Å². The number of H-pyrrole nitrogens is 1. The second-order valence-electron chi connectivity index (χ2n) is 13.0. The van der Waals surface area contributed by atoms with Crippen LogP contribution in [0.4, 0.5) is 5.95 Å². The summed E-state index contributed by atoms with van der Waals surface area (Å²) in [4.78, 5) is 23.3. The van der Waals surface area contributed by atoms with Crippen molar-refractivity contribution < 1.29 is 13.6 Å². The zero-order chi connectivity index (χ0) is 30.1. The summed E-state index contributed by atoms with van der Waals surface area (Å²) >= 11 is 0. The summed E-state index contributed by atoms with van der Waals surface area (Å²) in [7, 11) is -4.03. The first-order chi connectivity index (χ1) is 18.9. The summed E-state index contributed by atoms with van der Waals surface area (Å²) in [6.07, 6.45) is 2.02. The van der Waals surface area contributed by atoms with E-state index in [2.05, 4.69) is 94.6 Å². The van der Waals surface area contributed by atoms with Gasteiger partial charge in [-0.25, -0.2) is 9.55 Å². The Morgan fingerprint density at radius 3 is 1.98 bits per heavy atom. The van der Waals surface area contributed by atoms with E-state index in [1.807, 2.05) is 0 Å². The first-order valence-corrected chi connectivity index (χ1v) is 15.3. The highest BCUT2D eigenvalue weighted by Crippen LogP contribution is 2.57. The third-order valence-electron chi connectivity index (χ3n) is 7.20. The van der Waals surface area contributed by atoms with E-state index in [-0.39, 0.29) is 27.9 Å². The standard InChI is InChI=1S/C31H38N5O4P/c1-17-10-20-14-21-11-18(2)13-23(31(7,8)9)26(21)40-41(38,39-25(20)22(12-17)30(4,5)6)15-19(3)36-16-33-24-27(36)34-29(32)35-28(24)37/h10-13,15-16H,14H2,1-9H3,(H3,32,34,35,37)/b19-15+. The molecule has 2 aromatic heterocycles. The molecule has 0 radical (unpaired) electrons. The molecule has 216 valence electrons. The van der Waals surface area contributed by atoms with E-state index < -0.39 is 13.2 Å². The maximum Gasteiger partial charge on any atom is 0.457 e. The van der Waals surface area contributed by atoms with Gasteiger partial charge in [0.15, 0.2) is 11.2 Å². The Labute approximate surface area is 240 Å². The van der Waals surface area contributed by atoms with Gasteiger partial charge in [-0.1, -0.05) is 76.9 Å². The van der Waals surface area contributed by atoms with Crippen molar-refractivity contribution in [2.75, 3.05) is 5.73 Å². The van der Waals surface area contributed by atoms with Crippen LogP contribution in [0.2, 0.25) is 0 Å². The number of aryl methyl sites for hydroxylation is 2. The van der Waals surface area contributed by atoms with Crippen LogP contribution in [0.1, 0.15) is 81.8 Å². The van der Waals surface area contributed by atoms with E-state index in [0.29, 0.717) is 23.6 Å². The van der Waals surface area contributed by atoms with Gasteiger partial charge in [-0.05, 0) is 42.7 Å². The predicted octanol–water partition coefficient (Wildman–Crippen LogP) is 6.99. The number of imidazole rings is 1. The summed E-state index contributed by atoms with van der Waals surface area (Å²) < 4.78 is 29.6. The van der Waals surface area contributed by atoms with E-state index in [1.165, 1.54) is 12.1 Å². The minimum Gasteiger partial charge on any atom is -0.413 e. The van der Waals surface area contributed by atoms with Crippen LogP contribution in [0.5, 0.6) is 11.5 Å². The van der Waals surface area contributed by atoms with E-state index >= 15 is 0 Å². The van der Waals surface area contributed by atoms with Gasteiger partial charge in [0.25, 0.3) is 5.56 Å². The highest BCUT2D eigenvalue weighted by atomic mass is 31.2. The maximum atomic E-state index is 15.0. The first kappa shape index (κ1) is 28.7. The molecule has 9 nitrogen and oxygen atoms in total. The summed E-state index contributed by atoms with van der Waals surface area (Å²) in [6, 6.07) is 8.37. The van der Waals surface area contributed by atoms with Crippen LogP contribution < -0.4 is 20.3 Å². The predicted molar refractivity (Wildman–Crippen MR) is 164 cm³/mol. The lowest BCUT2D eigenvalue weighted by atomic mass is 9.81. The zero-order valence-electron chi connectivity index (χ0n) is 25.2. The second kappa shape index (κ2) is 9.62. The quantitative estimate of drug-likeness (QED) is 0.247. The Morgan fingerprint density at radius 1 is 0.976 bits per heavy atom. The average Bonchev–Trinajstić information content (AvgIpc) is 3.24. The molecule has 4 aromatic rings. The molecule has 10 heteroatoms. The van der Waals surface area contributed by atoms with Crippen LogP contribution in [-0.2, 0) is 21.8 Å². The average molecular weight is 576 g/mol. The lowest BCUT2D eigenvalue weighted by Gasteiger charge is -2.32. The minimum absolute atomic E-state index is 0.0413. The highest BCUT2D eigenvalue weighted by molar-refractivity contribution is 7.58. The number of hydrogen-bond acceptors (Lipinski definition) is 7. The fraction of sp³-hybridized carbons (Fsp3) is 0.387. The zero-order valence-corrected chi connectivity index (χ0v) is 26.1. The van der Waals surface area contributed by atoms with E-state index in [0.717, 1.165) is 33.4 Å². The van der Waals surface area contributed by atoms with Crippen LogP contribution in [0, 0.1) is 13.8 Å². The third-order valence-corrected chi connectivity index (χ3v) is 8.77. The Hall–Kier alpha value is -3.84. The molecule has 0 aliphatic carbocycles. The number of hydrogen-bond donors (Lipinski definition) is 2. The van der Waals surface area contributed by atoms with Crippen LogP contribution in [0.3, 0.4) is 0 Å². The number of benzene rings is 2. The maximum absolute atomic E-state index is 15.0. The summed E-state index contributed by atoms with van der Waals surface area (Å²) in [5, 5.41) is 0. The van der Waals surface area contributed by atoms with Gasteiger partial charge in [-0.2, -0.15) is 4.98 Å². The number of nitrogen functional groups attached to an aromatic ring is 1. The molecule has 3 N–H and O–H groups in total.